The summed E-state index contributed by atoms with van der Waals surface area (Å²) >= 11 is 0. The summed E-state index contributed by atoms with van der Waals surface area (Å²) in [5.74, 6) is 0.816. The van der Waals surface area contributed by atoms with E-state index >= 15 is 0 Å². The maximum Gasteiger partial charge on any atom is 0.226 e. The summed E-state index contributed by atoms with van der Waals surface area (Å²) in [7, 11) is 0. The van der Waals surface area contributed by atoms with E-state index in [0.29, 0.717) is 42.6 Å². The molecular formula is C21H27FN4O3. The van der Waals surface area contributed by atoms with Crippen molar-refractivity contribution in [2.75, 3.05) is 39.3 Å². The molecule has 1 unspecified atom stereocenters. The number of hydrogen-bond acceptors (Lipinski definition) is 6. The number of aromatic nitrogens is 2. The maximum absolute atomic E-state index is 13.0. The molecule has 1 atom stereocenters. The van der Waals surface area contributed by atoms with E-state index in [2.05, 4.69) is 15.0 Å². The van der Waals surface area contributed by atoms with Gasteiger partial charge < -0.3 is 14.2 Å². The molecule has 1 amide bonds. The summed E-state index contributed by atoms with van der Waals surface area (Å²) in [6.07, 6.45) is 4.37. The number of piperazine rings is 1. The lowest BCUT2D eigenvalue weighted by Gasteiger charge is -2.35. The van der Waals surface area contributed by atoms with Crippen molar-refractivity contribution in [3.8, 4) is 11.4 Å². The zero-order valence-electron chi connectivity index (χ0n) is 16.6. The van der Waals surface area contributed by atoms with E-state index in [1.807, 2.05) is 4.90 Å². The van der Waals surface area contributed by atoms with Gasteiger partial charge in [0.05, 0.1) is 6.10 Å². The van der Waals surface area contributed by atoms with Crippen LogP contribution in [0.1, 0.15) is 31.6 Å². The molecule has 4 rings (SSSR count). The predicted octanol–water partition coefficient (Wildman–Crippen LogP) is 2.52. The molecule has 7 nitrogen and oxygen atoms in total. The highest BCUT2D eigenvalue weighted by Crippen LogP contribution is 2.18. The topological polar surface area (TPSA) is 71.7 Å². The molecular weight excluding hydrogens is 375 g/mol. The Labute approximate surface area is 169 Å². The zero-order chi connectivity index (χ0) is 20.1. The van der Waals surface area contributed by atoms with E-state index in [4.69, 9.17) is 9.26 Å². The average molecular weight is 402 g/mol. The van der Waals surface area contributed by atoms with Crippen LogP contribution in [0.15, 0.2) is 28.8 Å². The molecule has 2 aliphatic heterocycles. The lowest BCUT2D eigenvalue weighted by Crippen LogP contribution is -2.50. The van der Waals surface area contributed by atoms with Crippen LogP contribution < -0.4 is 0 Å². The molecule has 1 aromatic carbocycles. The van der Waals surface area contributed by atoms with E-state index in [0.717, 1.165) is 52.2 Å². The monoisotopic (exact) mass is 402 g/mol. The SMILES string of the molecule is O=C(CCCc1nc(-c2ccc(F)cc2)no1)N1CCN(CC2CCCO2)CC1. The van der Waals surface area contributed by atoms with Gasteiger partial charge in [0.1, 0.15) is 5.82 Å². The fraction of sp³-hybridized carbons (Fsp3) is 0.571. The molecule has 2 aliphatic rings. The Balaban J connectivity index is 1.17. The van der Waals surface area contributed by atoms with Crippen LogP contribution in [0.3, 0.4) is 0 Å². The lowest BCUT2D eigenvalue weighted by molar-refractivity contribution is -0.133. The second kappa shape index (κ2) is 9.45. The summed E-state index contributed by atoms with van der Waals surface area (Å²) in [6.45, 7) is 5.25. The fourth-order valence-electron chi connectivity index (χ4n) is 3.88. The molecule has 0 bridgehead atoms. The van der Waals surface area contributed by atoms with Crippen LogP contribution in [0.25, 0.3) is 11.4 Å². The number of amides is 1. The first-order chi connectivity index (χ1) is 14.2. The van der Waals surface area contributed by atoms with Gasteiger partial charge in [-0.05, 0) is 43.5 Å². The van der Waals surface area contributed by atoms with Gasteiger partial charge in [0.25, 0.3) is 0 Å². The predicted molar refractivity (Wildman–Crippen MR) is 105 cm³/mol. The van der Waals surface area contributed by atoms with Crippen molar-refractivity contribution >= 4 is 5.91 Å². The third-order valence-corrected chi connectivity index (χ3v) is 5.56. The van der Waals surface area contributed by atoms with Crippen molar-refractivity contribution in [3.05, 3.63) is 36.0 Å². The number of halogens is 1. The van der Waals surface area contributed by atoms with Gasteiger partial charge in [-0.25, -0.2) is 4.39 Å². The maximum atomic E-state index is 13.0. The van der Waals surface area contributed by atoms with Crippen LogP contribution in [0.2, 0.25) is 0 Å². The average Bonchev–Trinajstić information content (AvgIpc) is 3.41. The molecule has 0 spiro atoms. The summed E-state index contributed by atoms with van der Waals surface area (Å²) in [5, 5.41) is 3.93. The van der Waals surface area contributed by atoms with Crippen LogP contribution in [0.5, 0.6) is 0 Å². The summed E-state index contributed by atoms with van der Waals surface area (Å²) in [6, 6.07) is 5.97. The van der Waals surface area contributed by atoms with E-state index in [1.165, 1.54) is 12.1 Å². The molecule has 2 fully saturated rings. The van der Waals surface area contributed by atoms with Crippen molar-refractivity contribution < 1.29 is 18.4 Å². The minimum atomic E-state index is -0.302. The number of hydrogen-bond donors (Lipinski definition) is 0. The highest BCUT2D eigenvalue weighted by Gasteiger charge is 2.24. The molecule has 3 heterocycles. The second-order valence-corrected chi connectivity index (χ2v) is 7.69. The smallest absolute Gasteiger partial charge is 0.226 e. The van der Waals surface area contributed by atoms with Crippen molar-refractivity contribution in [2.24, 2.45) is 0 Å². The van der Waals surface area contributed by atoms with Gasteiger partial charge in [-0.3, -0.25) is 9.69 Å². The van der Waals surface area contributed by atoms with Gasteiger partial charge in [-0.1, -0.05) is 5.16 Å². The van der Waals surface area contributed by atoms with Crippen molar-refractivity contribution in [1.82, 2.24) is 19.9 Å². The van der Waals surface area contributed by atoms with Crippen LogP contribution in [-0.2, 0) is 16.0 Å². The van der Waals surface area contributed by atoms with Gasteiger partial charge in [0, 0.05) is 57.7 Å². The standard InChI is InChI=1S/C21H27FN4O3/c22-17-8-6-16(7-9-17)21-23-19(29-24-21)4-1-5-20(27)26-12-10-25(11-13-26)15-18-3-2-14-28-18/h6-9,18H,1-5,10-15H2. The number of carbonyl (C=O) groups excluding carboxylic acids is 1. The third kappa shape index (κ3) is 5.39. The molecule has 0 radical (unpaired) electrons. The number of nitrogens with zero attached hydrogens (tertiary/aromatic N) is 4. The molecule has 8 heteroatoms. The Morgan fingerprint density at radius 1 is 1.17 bits per heavy atom. The number of carbonyl (C=O) groups is 1. The molecule has 2 aromatic rings. The summed E-state index contributed by atoms with van der Waals surface area (Å²) in [4.78, 5) is 21.2. The molecule has 0 saturated carbocycles. The molecule has 0 aliphatic carbocycles. The Kier molecular flexibility index (Phi) is 6.51. The minimum absolute atomic E-state index is 0.181. The number of ether oxygens (including phenoxy) is 1. The number of rotatable bonds is 7. The Morgan fingerprint density at radius 3 is 2.69 bits per heavy atom. The minimum Gasteiger partial charge on any atom is -0.377 e. The highest BCUT2D eigenvalue weighted by atomic mass is 19.1. The first-order valence-corrected chi connectivity index (χ1v) is 10.4. The van der Waals surface area contributed by atoms with Gasteiger partial charge in [-0.15, -0.1) is 0 Å². The van der Waals surface area contributed by atoms with Crippen molar-refractivity contribution in [3.63, 3.8) is 0 Å². The van der Waals surface area contributed by atoms with Crippen LogP contribution in [0, 0.1) is 5.82 Å². The Hall–Kier alpha value is -2.32. The van der Waals surface area contributed by atoms with Crippen LogP contribution in [0.4, 0.5) is 4.39 Å². The first kappa shape index (κ1) is 20.0. The van der Waals surface area contributed by atoms with E-state index < -0.39 is 0 Å². The summed E-state index contributed by atoms with van der Waals surface area (Å²) in [5.41, 5.74) is 0.707. The summed E-state index contributed by atoms with van der Waals surface area (Å²) < 4.78 is 24.0. The van der Waals surface area contributed by atoms with Crippen LogP contribution in [-0.4, -0.2) is 71.3 Å². The molecule has 0 N–H and O–H groups in total. The zero-order valence-corrected chi connectivity index (χ0v) is 16.6. The van der Waals surface area contributed by atoms with Crippen molar-refractivity contribution in [2.45, 2.75) is 38.2 Å². The van der Waals surface area contributed by atoms with Gasteiger partial charge in [0.2, 0.25) is 17.6 Å². The normalized spacial score (nSPS) is 20.3. The number of aryl methyl sites for hydroxylation is 1. The quantitative estimate of drug-likeness (QED) is 0.709. The van der Waals surface area contributed by atoms with E-state index in [1.54, 1.807) is 12.1 Å². The number of benzene rings is 1. The van der Waals surface area contributed by atoms with Gasteiger partial charge >= 0.3 is 0 Å². The fourth-order valence-corrected chi connectivity index (χ4v) is 3.88. The molecule has 29 heavy (non-hydrogen) atoms. The molecule has 2 saturated heterocycles. The van der Waals surface area contributed by atoms with Crippen molar-refractivity contribution in [1.29, 1.82) is 0 Å². The Morgan fingerprint density at radius 2 is 1.97 bits per heavy atom. The third-order valence-electron chi connectivity index (χ3n) is 5.56. The largest absolute Gasteiger partial charge is 0.377 e. The second-order valence-electron chi connectivity index (χ2n) is 7.69. The molecule has 1 aromatic heterocycles. The van der Waals surface area contributed by atoms with E-state index in [-0.39, 0.29) is 11.7 Å². The van der Waals surface area contributed by atoms with E-state index in [9.17, 15) is 9.18 Å². The highest BCUT2D eigenvalue weighted by molar-refractivity contribution is 5.76. The van der Waals surface area contributed by atoms with Gasteiger partial charge in [-0.2, -0.15) is 4.98 Å². The van der Waals surface area contributed by atoms with Gasteiger partial charge in [0.15, 0.2) is 0 Å². The lowest BCUT2D eigenvalue weighted by atomic mass is 10.2. The van der Waals surface area contributed by atoms with Crippen LogP contribution >= 0.6 is 0 Å². The Bertz CT molecular complexity index is 797. The molecule has 156 valence electrons. The first-order valence-electron chi connectivity index (χ1n) is 10.4.